The number of urea groups is 1. The first-order chi connectivity index (χ1) is 15.0. The normalized spacial score (nSPS) is 19.0. The van der Waals surface area contributed by atoms with E-state index in [2.05, 4.69) is 10.6 Å². The van der Waals surface area contributed by atoms with Crippen molar-refractivity contribution in [2.45, 2.75) is 12.3 Å². The summed E-state index contributed by atoms with van der Waals surface area (Å²) >= 11 is 11.8. The lowest BCUT2D eigenvalue weighted by Gasteiger charge is -2.37. The zero-order valence-corrected chi connectivity index (χ0v) is 18.1. The Morgan fingerprint density at radius 1 is 1.09 bits per heavy atom. The first-order valence-corrected chi connectivity index (χ1v) is 10.2. The van der Waals surface area contributed by atoms with E-state index in [-0.39, 0.29) is 11.9 Å². The Kier molecular flexibility index (Phi) is 9.37. The second-order valence-electron chi connectivity index (χ2n) is 6.74. The van der Waals surface area contributed by atoms with Gasteiger partial charge in [-0.2, -0.15) is 13.2 Å². The largest absolute Gasteiger partial charge is 0.490 e. The molecule has 0 saturated carbocycles. The molecule has 1 aromatic carbocycles. The number of ether oxygens (including phenoxy) is 1. The fourth-order valence-corrected chi connectivity index (χ4v) is 3.13. The lowest BCUT2D eigenvalue weighted by atomic mass is 10.2. The van der Waals surface area contributed by atoms with E-state index in [1.54, 1.807) is 28.0 Å². The number of piperazine rings is 1. The molecule has 0 bridgehead atoms. The molecular weight excluding hydrogens is 480 g/mol. The molecule has 0 aromatic heterocycles. The molecule has 0 spiro atoms. The number of morpholine rings is 1. The molecule has 3 N–H and O–H groups in total. The van der Waals surface area contributed by atoms with Crippen LogP contribution in [0.15, 0.2) is 18.2 Å². The van der Waals surface area contributed by atoms with Crippen molar-refractivity contribution in [1.29, 1.82) is 0 Å². The highest BCUT2D eigenvalue weighted by Gasteiger charge is 2.38. The standard InChI is InChI=1S/C16H20Cl2N4O3.C2HF3O2/c17-12-2-1-11(9-13(12)18)20-16(24)22-6-4-21(5-7-22)15(23)14-10-19-3-8-25-14;3-2(4,5)1(6)7/h1-2,9,14,19H,3-8,10H2,(H,20,24);(H,6,7). The quantitative estimate of drug-likeness (QED) is 0.574. The topological polar surface area (TPSA) is 111 Å². The number of alkyl halides is 3. The molecular formula is C18H21Cl2F3N4O5. The molecule has 0 aliphatic carbocycles. The molecule has 3 amide bonds. The molecule has 178 valence electrons. The number of anilines is 1. The zero-order chi connectivity index (χ0) is 23.9. The maximum Gasteiger partial charge on any atom is 0.490 e. The fraction of sp³-hybridized carbons (Fsp3) is 0.500. The summed E-state index contributed by atoms with van der Waals surface area (Å²) in [4.78, 5) is 37.1. The third kappa shape index (κ3) is 7.69. The average molecular weight is 501 g/mol. The smallest absolute Gasteiger partial charge is 0.475 e. The molecule has 1 unspecified atom stereocenters. The predicted molar refractivity (Wildman–Crippen MR) is 110 cm³/mol. The first-order valence-electron chi connectivity index (χ1n) is 9.41. The Morgan fingerprint density at radius 2 is 1.69 bits per heavy atom. The predicted octanol–water partition coefficient (Wildman–Crippen LogP) is 2.29. The van der Waals surface area contributed by atoms with Gasteiger partial charge in [-0.1, -0.05) is 23.2 Å². The van der Waals surface area contributed by atoms with Gasteiger partial charge in [0.15, 0.2) is 0 Å². The van der Waals surface area contributed by atoms with Gasteiger partial charge in [-0.3, -0.25) is 4.79 Å². The molecule has 2 saturated heterocycles. The summed E-state index contributed by atoms with van der Waals surface area (Å²) in [7, 11) is 0. The van der Waals surface area contributed by atoms with Crippen LogP contribution in [-0.2, 0) is 14.3 Å². The number of aliphatic carboxylic acids is 1. The number of hydrogen-bond acceptors (Lipinski definition) is 5. The SMILES string of the molecule is O=C(Nc1ccc(Cl)c(Cl)c1)N1CCN(C(=O)C2CNCCO2)CC1.O=C(O)C(F)(F)F. The highest BCUT2D eigenvalue weighted by Crippen LogP contribution is 2.25. The summed E-state index contributed by atoms with van der Waals surface area (Å²) < 4.78 is 37.2. The van der Waals surface area contributed by atoms with Gasteiger partial charge in [0.05, 0.1) is 16.7 Å². The van der Waals surface area contributed by atoms with Crippen LogP contribution < -0.4 is 10.6 Å². The van der Waals surface area contributed by atoms with Crippen molar-refractivity contribution in [3.05, 3.63) is 28.2 Å². The van der Waals surface area contributed by atoms with Crippen molar-refractivity contribution in [2.75, 3.05) is 51.2 Å². The molecule has 2 aliphatic heterocycles. The van der Waals surface area contributed by atoms with Crippen LogP contribution in [-0.4, -0.2) is 91.0 Å². The van der Waals surface area contributed by atoms with E-state index in [1.807, 2.05) is 0 Å². The minimum absolute atomic E-state index is 0.0169. The number of nitrogens with zero attached hydrogens (tertiary/aromatic N) is 2. The van der Waals surface area contributed by atoms with Crippen molar-refractivity contribution in [2.24, 2.45) is 0 Å². The molecule has 2 heterocycles. The van der Waals surface area contributed by atoms with E-state index in [1.165, 1.54) is 0 Å². The van der Waals surface area contributed by atoms with Crippen molar-refractivity contribution in [1.82, 2.24) is 15.1 Å². The van der Waals surface area contributed by atoms with Crippen molar-refractivity contribution in [3.63, 3.8) is 0 Å². The first kappa shape index (κ1) is 26.0. The van der Waals surface area contributed by atoms with Crippen LogP contribution in [0.5, 0.6) is 0 Å². The summed E-state index contributed by atoms with van der Waals surface area (Å²) in [5, 5.41) is 13.9. The number of benzene rings is 1. The number of carbonyl (C=O) groups excluding carboxylic acids is 2. The van der Waals surface area contributed by atoms with Gasteiger partial charge in [-0.25, -0.2) is 9.59 Å². The Labute approximate surface area is 191 Å². The van der Waals surface area contributed by atoms with Crippen molar-refractivity contribution >= 4 is 46.8 Å². The molecule has 1 aromatic rings. The van der Waals surface area contributed by atoms with Crippen LogP contribution in [0.1, 0.15) is 0 Å². The third-order valence-corrected chi connectivity index (χ3v) is 5.23. The monoisotopic (exact) mass is 500 g/mol. The fourth-order valence-electron chi connectivity index (χ4n) is 2.83. The summed E-state index contributed by atoms with van der Waals surface area (Å²) in [6.45, 7) is 3.78. The Morgan fingerprint density at radius 3 is 2.19 bits per heavy atom. The van der Waals surface area contributed by atoms with E-state index in [0.29, 0.717) is 55.1 Å². The molecule has 2 fully saturated rings. The minimum Gasteiger partial charge on any atom is -0.475 e. The average Bonchev–Trinajstić information content (AvgIpc) is 2.76. The van der Waals surface area contributed by atoms with Crippen molar-refractivity contribution in [3.8, 4) is 0 Å². The van der Waals surface area contributed by atoms with Crippen LogP contribution in [0.25, 0.3) is 0 Å². The second-order valence-corrected chi connectivity index (χ2v) is 7.55. The van der Waals surface area contributed by atoms with Crippen LogP contribution in [0.4, 0.5) is 23.7 Å². The van der Waals surface area contributed by atoms with Crippen LogP contribution in [0.2, 0.25) is 10.0 Å². The molecule has 2 aliphatic rings. The number of rotatable bonds is 2. The molecule has 3 rings (SSSR count). The number of halogens is 5. The van der Waals surface area contributed by atoms with E-state index < -0.39 is 18.2 Å². The molecule has 14 heteroatoms. The van der Waals surface area contributed by atoms with Gasteiger partial charge in [-0.15, -0.1) is 0 Å². The minimum atomic E-state index is -5.08. The second kappa shape index (κ2) is 11.5. The van der Waals surface area contributed by atoms with Gasteiger partial charge >= 0.3 is 18.2 Å². The summed E-state index contributed by atoms with van der Waals surface area (Å²) in [6, 6.07) is 4.71. The number of nitrogens with one attached hydrogen (secondary N) is 2. The van der Waals surface area contributed by atoms with E-state index in [0.717, 1.165) is 6.54 Å². The summed E-state index contributed by atoms with van der Waals surface area (Å²) in [5.41, 5.74) is 0.583. The summed E-state index contributed by atoms with van der Waals surface area (Å²) in [5.74, 6) is -2.77. The van der Waals surface area contributed by atoms with Crippen LogP contribution >= 0.6 is 23.2 Å². The van der Waals surface area contributed by atoms with Crippen LogP contribution in [0, 0.1) is 0 Å². The van der Waals surface area contributed by atoms with Gasteiger partial charge in [0.25, 0.3) is 5.91 Å². The lowest BCUT2D eigenvalue weighted by Crippen LogP contribution is -2.56. The Hall–Kier alpha value is -2.28. The number of carboxylic acid groups (broad SMARTS) is 1. The summed E-state index contributed by atoms with van der Waals surface area (Å²) in [6.07, 6.45) is -5.51. The van der Waals surface area contributed by atoms with Gasteiger partial charge in [0.2, 0.25) is 0 Å². The van der Waals surface area contributed by atoms with E-state index >= 15 is 0 Å². The van der Waals surface area contributed by atoms with E-state index in [4.69, 9.17) is 37.8 Å². The highest BCUT2D eigenvalue weighted by atomic mass is 35.5. The maximum absolute atomic E-state index is 12.4. The molecule has 1 atom stereocenters. The maximum atomic E-state index is 12.4. The Balaban J connectivity index is 0.000000451. The van der Waals surface area contributed by atoms with E-state index in [9.17, 15) is 22.8 Å². The van der Waals surface area contributed by atoms with Gasteiger partial charge in [-0.05, 0) is 18.2 Å². The van der Waals surface area contributed by atoms with Crippen LogP contribution in [0.3, 0.4) is 0 Å². The lowest BCUT2D eigenvalue weighted by molar-refractivity contribution is -0.192. The number of amides is 3. The zero-order valence-electron chi connectivity index (χ0n) is 16.6. The van der Waals surface area contributed by atoms with Crippen molar-refractivity contribution < 1.29 is 37.4 Å². The Bertz CT molecular complexity index is 829. The molecule has 9 nitrogen and oxygen atoms in total. The molecule has 32 heavy (non-hydrogen) atoms. The number of hydrogen-bond donors (Lipinski definition) is 3. The number of carboxylic acids is 1. The highest BCUT2D eigenvalue weighted by molar-refractivity contribution is 6.42. The third-order valence-electron chi connectivity index (χ3n) is 4.49. The van der Waals surface area contributed by atoms with Gasteiger partial charge < -0.3 is 30.3 Å². The van der Waals surface area contributed by atoms with Gasteiger partial charge in [0, 0.05) is 45.0 Å². The van der Waals surface area contributed by atoms with Gasteiger partial charge in [0.1, 0.15) is 6.10 Å². The number of carbonyl (C=O) groups is 3. The molecule has 0 radical (unpaired) electrons.